The smallest absolute Gasteiger partial charge is 0.341 e. The van der Waals surface area contributed by atoms with Gasteiger partial charge in [-0.25, -0.2) is 22.3 Å². The van der Waals surface area contributed by atoms with Crippen LogP contribution in [0.1, 0.15) is 30.0 Å². The summed E-state index contributed by atoms with van der Waals surface area (Å²) in [4.78, 5) is 11.0. The lowest BCUT2D eigenvalue weighted by Gasteiger charge is -2.27. The van der Waals surface area contributed by atoms with Gasteiger partial charge in [-0.15, -0.1) is 0 Å². The van der Waals surface area contributed by atoms with Crippen LogP contribution < -0.4 is 14.2 Å². The summed E-state index contributed by atoms with van der Waals surface area (Å²) >= 11 is 0. The van der Waals surface area contributed by atoms with Crippen LogP contribution in [-0.4, -0.2) is 33.2 Å². The Labute approximate surface area is 197 Å². The number of hydrogen-bond donors (Lipinski definition) is 2. The highest BCUT2D eigenvalue weighted by molar-refractivity contribution is 7.89. The molecule has 178 valence electrons. The Morgan fingerprint density at radius 2 is 1.88 bits per heavy atom. The molecule has 4 rings (SSSR count). The third kappa shape index (κ3) is 5.21. The number of ether oxygens (including phenoxy) is 2. The van der Waals surface area contributed by atoms with E-state index in [-0.39, 0.29) is 4.90 Å². The van der Waals surface area contributed by atoms with Gasteiger partial charge in [-0.3, -0.25) is 0 Å². The Bertz CT molecular complexity index is 1310. The van der Waals surface area contributed by atoms with E-state index in [2.05, 4.69) is 4.72 Å². The second kappa shape index (κ2) is 9.82. The van der Waals surface area contributed by atoms with Crippen LogP contribution in [0, 0.1) is 5.82 Å². The van der Waals surface area contributed by atoms with E-state index in [1.807, 2.05) is 6.07 Å². The zero-order valence-electron chi connectivity index (χ0n) is 18.5. The summed E-state index contributed by atoms with van der Waals surface area (Å²) in [6.07, 6.45) is 2.01. The normalized spacial score (nSPS) is 15.4. The summed E-state index contributed by atoms with van der Waals surface area (Å²) in [6.45, 7) is -0.462. The summed E-state index contributed by atoms with van der Waals surface area (Å²) in [5.74, 6) is -0.698. The highest BCUT2D eigenvalue weighted by Gasteiger charge is 2.27. The topological polar surface area (TPSA) is 102 Å². The lowest BCUT2D eigenvalue weighted by Crippen LogP contribution is -2.31. The maximum Gasteiger partial charge on any atom is 0.341 e. The number of carbonyl (C=O) groups is 1. The van der Waals surface area contributed by atoms with Crippen molar-refractivity contribution in [1.82, 2.24) is 4.72 Å². The van der Waals surface area contributed by atoms with Crippen LogP contribution in [0.4, 0.5) is 4.39 Å². The SMILES string of the molecule is COc1cc(F)cc(-c2ccc(S(=O)(=O)NC3CCCc4c(OCC(=O)O)cccc43)cc2)c1. The van der Waals surface area contributed by atoms with Gasteiger partial charge in [-0.2, -0.15) is 0 Å². The lowest BCUT2D eigenvalue weighted by molar-refractivity contribution is -0.139. The number of methoxy groups -OCH3 is 1. The highest BCUT2D eigenvalue weighted by Crippen LogP contribution is 2.36. The maximum atomic E-state index is 13.8. The van der Waals surface area contributed by atoms with E-state index < -0.39 is 34.5 Å². The molecule has 1 aliphatic carbocycles. The van der Waals surface area contributed by atoms with Gasteiger partial charge in [0.25, 0.3) is 0 Å². The molecule has 7 nitrogen and oxygen atoms in total. The van der Waals surface area contributed by atoms with Gasteiger partial charge in [0.15, 0.2) is 6.61 Å². The zero-order valence-corrected chi connectivity index (χ0v) is 19.3. The van der Waals surface area contributed by atoms with Gasteiger partial charge in [0.05, 0.1) is 12.0 Å². The third-order valence-electron chi connectivity index (χ3n) is 5.72. The van der Waals surface area contributed by atoms with E-state index in [1.165, 1.54) is 31.4 Å². The average Bonchev–Trinajstić information content (AvgIpc) is 2.82. The molecule has 2 N–H and O–H groups in total. The first-order chi connectivity index (χ1) is 16.3. The van der Waals surface area contributed by atoms with Crippen molar-refractivity contribution in [2.24, 2.45) is 0 Å². The summed E-state index contributed by atoms with van der Waals surface area (Å²) < 4.78 is 53.3. The molecule has 1 unspecified atom stereocenters. The predicted octanol–water partition coefficient (Wildman–Crippen LogP) is 4.32. The quantitative estimate of drug-likeness (QED) is 0.493. The number of benzene rings is 3. The van der Waals surface area contributed by atoms with Gasteiger partial charge in [0.2, 0.25) is 10.0 Å². The molecule has 1 atom stereocenters. The van der Waals surface area contributed by atoms with Crippen molar-refractivity contribution in [3.05, 3.63) is 77.6 Å². The molecule has 0 heterocycles. The van der Waals surface area contributed by atoms with E-state index in [1.54, 1.807) is 30.3 Å². The molecule has 0 saturated carbocycles. The van der Waals surface area contributed by atoms with Crippen molar-refractivity contribution >= 4 is 16.0 Å². The fourth-order valence-electron chi connectivity index (χ4n) is 4.14. The van der Waals surface area contributed by atoms with Gasteiger partial charge in [-0.1, -0.05) is 24.3 Å². The molecule has 1 aliphatic rings. The number of hydrogen-bond acceptors (Lipinski definition) is 5. The summed E-state index contributed by atoms with van der Waals surface area (Å²) in [6, 6.07) is 15.3. The van der Waals surface area contributed by atoms with Gasteiger partial charge in [0.1, 0.15) is 17.3 Å². The number of halogens is 1. The fraction of sp³-hybridized carbons (Fsp3) is 0.240. The van der Waals surface area contributed by atoms with Crippen molar-refractivity contribution < 1.29 is 32.2 Å². The van der Waals surface area contributed by atoms with Crippen LogP contribution in [0.25, 0.3) is 11.1 Å². The predicted molar refractivity (Wildman–Crippen MR) is 124 cm³/mol. The van der Waals surface area contributed by atoms with Gasteiger partial charge in [0, 0.05) is 12.1 Å². The van der Waals surface area contributed by atoms with Crippen LogP contribution in [0.2, 0.25) is 0 Å². The standard InChI is InChI=1S/C25H24FNO6S/c1-32-19-13-17(12-18(26)14-19)16-8-10-20(11-9-16)34(30,31)27-23-6-2-5-22-21(23)4-3-7-24(22)33-15-25(28)29/h3-4,7-14,23,27H,2,5-6,15H2,1H3,(H,28,29). The molecule has 0 spiro atoms. The molecule has 3 aromatic rings. The molecule has 0 aromatic heterocycles. The van der Waals surface area contributed by atoms with Gasteiger partial charge in [-0.05, 0) is 71.8 Å². The largest absolute Gasteiger partial charge is 0.497 e. The second-order valence-electron chi connectivity index (χ2n) is 7.98. The fourth-order valence-corrected chi connectivity index (χ4v) is 5.39. The van der Waals surface area contributed by atoms with Crippen LogP contribution >= 0.6 is 0 Å². The number of carboxylic acid groups (broad SMARTS) is 1. The average molecular weight is 486 g/mol. The van der Waals surface area contributed by atoms with Crippen LogP contribution in [-0.2, 0) is 21.2 Å². The minimum Gasteiger partial charge on any atom is -0.497 e. The van der Waals surface area contributed by atoms with E-state index in [0.717, 1.165) is 17.5 Å². The van der Waals surface area contributed by atoms with Crippen molar-refractivity contribution in [3.63, 3.8) is 0 Å². The molecule has 9 heteroatoms. The molecule has 0 amide bonds. The minimum atomic E-state index is -3.84. The summed E-state index contributed by atoms with van der Waals surface area (Å²) in [7, 11) is -2.40. The number of fused-ring (bicyclic) bond motifs is 1. The van der Waals surface area contributed by atoms with Crippen molar-refractivity contribution in [2.75, 3.05) is 13.7 Å². The van der Waals surface area contributed by atoms with E-state index in [0.29, 0.717) is 35.5 Å². The minimum absolute atomic E-state index is 0.0880. The third-order valence-corrected chi connectivity index (χ3v) is 7.21. The Morgan fingerprint density at radius 3 is 2.59 bits per heavy atom. The van der Waals surface area contributed by atoms with Gasteiger partial charge >= 0.3 is 5.97 Å². The first-order valence-corrected chi connectivity index (χ1v) is 12.2. The van der Waals surface area contributed by atoms with E-state index >= 15 is 0 Å². The number of sulfonamides is 1. The Kier molecular flexibility index (Phi) is 6.85. The molecule has 34 heavy (non-hydrogen) atoms. The van der Waals surface area contributed by atoms with Crippen molar-refractivity contribution in [2.45, 2.75) is 30.2 Å². The Morgan fingerprint density at radius 1 is 1.12 bits per heavy atom. The summed E-state index contributed by atoms with van der Waals surface area (Å²) in [5.41, 5.74) is 2.82. The number of rotatable bonds is 8. The Balaban J connectivity index is 1.56. The highest BCUT2D eigenvalue weighted by atomic mass is 32.2. The molecule has 0 saturated heterocycles. The molecule has 0 fully saturated rings. The van der Waals surface area contributed by atoms with Gasteiger partial charge < -0.3 is 14.6 Å². The number of carboxylic acids is 1. The summed E-state index contributed by atoms with van der Waals surface area (Å²) in [5, 5.41) is 8.90. The molecule has 0 radical (unpaired) electrons. The van der Waals surface area contributed by atoms with E-state index in [4.69, 9.17) is 14.6 Å². The molecular formula is C25H24FNO6S. The van der Waals surface area contributed by atoms with Crippen LogP contribution in [0.15, 0.2) is 65.6 Å². The monoisotopic (exact) mass is 485 g/mol. The van der Waals surface area contributed by atoms with E-state index in [9.17, 15) is 17.6 Å². The molecule has 3 aromatic carbocycles. The first kappa shape index (κ1) is 23.7. The maximum absolute atomic E-state index is 13.8. The van der Waals surface area contributed by atoms with Crippen molar-refractivity contribution in [3.8, 4) is 22.6 Å². The molecule has 0 aliphatic heterocycles. The number of nitrogens with one attached hydrogen (secondary N) is 1. The molecular weight excluding hydrogens is 461 g/mol. The second-order valence-corrected chi connectivity index (χ2v) is 9.69. The van der Waals surface area contributed by atoms with Crippen LogP contribution in [0.5, 0.6) is 11.5 Å². The number of aliphatic carboxylic acids is 1. The first-order valence-electron chi connectivity index (χ1n) is 10.7. The molecule has 0 bridgehead atoms. The lowest BCUT2D eigenvalue weighted by atomic mass is 9.87. The van der Waals surface area contributed by atoms with Crippen LogP contribution in [0.3, 0.4) is 0 Å². The van der Waals surface area contributed by atoms with Crippen molar-refractivity contribution in [1.29, 1.82) is 0 Å². The Hall–Kier alpha value is -3.43. The zero-order chi connectivity index (χ0) is 24.3.